The third-order valence-corrected chi connectivity index (χ3v) is 8.39. The molecule has 1 amide bonds. The molecule has 0 aromatic heterocycles. The molecular weight excluding hydrogens is 230 g/mol. The molecule has 0 radical (unpaired) electrons. The number of carbonyl (C=O) groups is 1. The average molecular weight is 255 g/mol. The van der Waals surface area contributed by atoms with Crippen molar-refractivity contribution in [3.63, 3.8) is 0 Å². The third-order valence-electron chi connectivity index (χ3n) is 3.89. The summed E-state index contributed by atoms with van der Waals surface area (Å²) < 4.78 is 6.35. The summed E-state index contributed by atoms with van der Waals surface area (Å²) >= 11 is 0. The van der Waals surface area contributed by atoms with Crippen LogP contribution in [0, 0.1) is 0 Å². The van der Waals surface area contributed by atoms with Gasteiger partial charge in [0, 0.05) is 6.42 Å². The maximum Gasteiger partial charge on any atom is 0.220 e. The Morgan fingerprint density at radius 1 is 1.47 bits per heavy atom. The first-order valence-electron chi connectivity index (χ1n) is 6.27. The molecule has 0 aromatic carbocycles. The normalized spacial score (nSPS) is 26.5. The summed E-state index contributed by atoms with van der Waals surface area (Å²) in [5, 5.41) is 3.12. The second-order valence-corrected chi connectivity index (χ2v) is 11.0. The number of nitrogens with one attached hydrogen (secondary N) is 1. The zero-order valence-corrected chi connectivity index (χ0v) is 12.7. The fourth-order valence-electron chi connectivity index (χ4n) is 1.70. The van der Waals surface area contributed by atoms with Gasteiger partial charge in [0.2, 0.25) is 5.91 Å². The standard InChI is InChI=1S/C13H25NO2Si/c1-7-10-11(8-9-12(15)14-10)16-17(5,6)13(2,3)4/h7,10-11H,1,8-9H2,2-6H3,(H,14,15)/t10-,11+/m1/s1. The molecule has 1 aliphatic heterocycles. The Bertz CT molecular complexity index is 307. The van der Waals surface area contributed by atoms with Crippen LogP contribution in [0.1, 0.15) is 33.6 Å². The number of piperidine rings is 1. The van der Waals surface area contributed by atoms with Gasteiger partial charge in [-0.1, -0.05) is 26.8 Å². The number of hydrogen-bond acceptors (Lipinski definition) is 2. The number of rotatable bonds is 3. The largest absolute Gasteiger partial charge is 0.412 e. The van der Waals surface area contributed by atoms with Gasteiger partial charge in [-0.2, -0.15) is 0 Å². The van der Waals surface area contributed by atoms with Crippen molar-refractivity contribution in [2.45, 2.75) is 63.9 Å². The smallest absolute Gasteiger partial charge is 0.220 e. The molecule has 1 rings (SSSR count). The molecule has 0 spiro atoms. The van der Waals surface area contributed by atoms with Gasteiger partial charge in [-0.25, -0.2) is 0 Å². The molecular formula is C13H25NO2Si. The average Bonchev–Trinajstić information content (AvgIpc) is 2.18. The zero-order valence-electron chi connectivity index (χ0n) is 11.7. The third kappa shape index (κ3) is 3.42. The van der Waals surface area contributed by atoms with Gasteiger partial charge in [0.1, 0.15) is 0 Å². The van der Waals surface area contributed by atoms with Crippen molar-refractivity contribution in [1.29, 1.82) is 0 Å². The highest BCUT2D eigenvalue weighted by Crippen LogP contribution is 2.38. The van der Waals surface area contributed by atoms with Crippen LogP contribution in [-0.2, 0) is 9.22 Å². The Hall–Kier alpha value is -0.613. The van der Waals surface area contributed by atoms with Crippen LogP contribution in [0.3, 0.4) is 0 Å². The van der Waals surface area contributed by atoms with Crippen molar-refractivity contribution in [3.8, 4) is 0 Å². The Morgan fingerprint density at radius 3 is 2.53 bits per heavy atom. The van der Waals surface area contributed by atoms with Gasteiger partial charge in [0.05, 0.1) is 12.1 Å². The van der Waals surface area contributed by atoms with E-state index >= 15 is 0 Å². The number of carbonyl (C=O) groups excluding carboxylic acids is 1. The molecule has 0 bridgehead atoms. The number of hydrogen-bond donors (Lipinski definition) is 1. The maximum absolute atomic E-state index is 11.3. The van der Waals surface area contributed by atoms with Crippen LogP contribution in [0.5, 0.6) is 0 Å². The molecule has 1 N–H and O–H groups in total. The molecule has 1 fully saturated rings. The van der Waals surface area contributed by atoms with Gasteiger partial charge in [0.25, 0.3) is 0 Å². The van der Waals surface area contributed by atoms with E-state index in [4.69, 9.17) is 4.43 Å². The predicted octanol–water partition coefficient (Wildman–Crippen LogP) is 2.84. The minimum atomic E-state index is -1.77. The molecule has 0 saturated carbocycles. The highest BCUT2D eigenvalue weighted by molar-refractivity contribution is 6.74. The lowest BCUT2D eigenvalue weighted by Gasteiger charge is -2.42. The summed E-state index contributed by atoms with van der Waals surface area (Å²) in [6.45, 7) is 14.9. The van der Waals surface area contributed by atoms with E-state index in [1.54, 1.807) is 6.08 Å². The van der Waals surface area contributed by atoms with Crippen molar-refractivity contribution in [2.75, 3.05) is 0 Å². The summed E-state index contributed by atoms with van der Waals surface area (Å²) in [4.78, 5) is 11.3. The Kier molecular flexibility index (Phi) is 4.20. The van der Waals surface area contributed by atoms with Crippen molar-refractivity contribution in [1.82, 2.24) is 5.32 Å². The first-order valence-corrected chi connectivity index (χ1v) is 9.18. The van der Waals surface area contributed by atoms with E-state index in [0.717, 1.165) is 6.42 Å². The molecule has 2 atom stereocenters. The fourth-order valence-corrected chi connectivity index (χ4v) is 3.08. The second kappa shape index (κ2) is 4.94. The molecule has 0 aromatic rings. The van der Waals surface area contributed by atoms with Crippen molar-refractivity contribution < 1.29 is 9.22 Å². The Balaban J connectivity index is 2.73. The van der Waals surface area contributed by atoms with E-state index in [-0.39, 0.29) is 23.1 Å². The predicted molar refractivity (Wildman–Crippen MR) is 73.4 cm³/mol. The first kappa shape index (κ1) is 14.4. The van der Waals surface area contributed by atoms with Gasteiger partial charge < -0.3 is 9.74 Å². The van der Waals surface area contributed by atoms with E-state index in [9.17, 15) is 4.79 Å². The lowest BCUT2D eigenvalue weighted by Crippen LogP contribution is -2.53. The van der Waals surface area contributed by atoms with Crippen LogP contribution in [0.25, 0.3) is 0 Å². The van der Waals surface area contributed by atoms with E-state index < -0.39 is 8.32 Å². The van der Waals surface area contributed by atoms with Crippen molar-refractivity contribution in [3.05, 3.63) is 12.7 Å². The zero-order chi connectivity index (χ0) is 13.3. The molecule has 98 valence electrons. The van der Waals surface area contributed by atoms with Crippen molar-refractivity contribution in [2.24, 2.45) is 0 Å². The van der Waals surface area contributed by atoms with E-state index in [2.05, 4.69) is 45.8 Å². The van der Waals surface area contributed by atoms with Gasteiger partial charge in [0.15, 0.2) is 8.32 Å². The van der Waals surface area contributed by atoms with Gasteiger partial charge >= 0.3 is 0 Å². The van der Waals surface area contributed by atoms with Gasteiger partial charge in [-0.15, -0.1) is 6.58 Å². The SMILES string of the molecule is C=C[C@H]1NC(=O)CC[C@@H]1O[Si](C)(C)C(C)(C)C. The minimum Gasteiger partial charge on any atom is -0.412 e. The van der Waals surface area contributed by atoms with E-state index in [1.165, 1.54) is 0 Å². The van der Waals surface area contributed by atoms with E-state index in [1.807, 2.05) is 0 Å². The molecule has 1 aliphatic rings. The number of amides is 1. The molecule has 1 saturated heterocycles. The summed E-state index contributed by atoms with van der Waals surface area (Å²) in [7, 11) is -1.77. The van der Waals surface area contributed by atoms with Crippen LogP contribution in [0.15, 0.2) is 12.7 Å². The van der Waals surface area contributed by atoms with E-state index in [0.29, 0.717) is 6.42 Å². The molecule has 17 heavy (non-hydrogen) atoms. The highest BCUT2D eigenvalue weighted by Gasteiger charge is 2.41. The van der Waals surface area contributed by atoms with Crippen LogP contribution < -0.4 is 5.32 Å². The molecule has 4 heteroatoms. The van der Waals surface area contributed by atoms with Gasteiger partial charge in [-0.05, 0) is 24.6 Å². The minimum absolute atomic E-state index is 0.0367. The lowest BCUT2D eigenvalue weighted by molar-refractivity contribution is -0.124. The molecule has 3 nitrogen and oxygen atoms in total. The maximum atomic E-state index is 11.3. The summed E-state index contributed by atoms with van der Waals surface area (Å²) in [5.74, 6) is 0.102. The summed E-state index contributed by atoms with van der Waals surface area (Å²) in [5.41, 5.74) is 0. The fraction of sp³-hybridized carbons (Fsp3) is 0.769. The monoisotopic (exact) mass is 255 g/mol. The molecule has 0 aliphatic carbocycles. The quantitative estimate of drug-likeness (QED) is 0.622. The summed E-state index contributed by atoms with van der Waals surface area (Å²) in [6.07, 6.45) is 3.24. The second-order valence-electron chi connectivity index (χ2n) is 6.28. The summed E-state index contributed by atoms with van der Waals surface area (Å²) in [6, 6.07) is -0.0367. The topological polar surface area (TPSA) is 38.3 Å². The van der Waals surface area contributed by atoms with Crippen molar-refractivity contribution >= 4 is 14.2 Å². The van der Waals surface area contributed by atoms with Crippen LogP contribution in [0.4, 0.5) is 0 Å². The highest BCUT2D eigenvalue weighted by atomic mass is 28.4. The van der Waals surface area contributed by atoms with Crippen LogP contribution in [0.2, 0.25) is 18.1 Å². The molecule has 0 unspecified atom stereocenters. The Morgan fingerprint density at radius 2 is 2.06 bits per heavy atom. The van der Waals surface area contributed by atoms with Gasteiger partial charge in [-0.3, -0.25) is 4.79 Å². The first-order chi connectivity index (χ1) is 7.67. The molecule has 1 heterocycles. The van der Waals surface area contributed by atoms with Crippen LogP contribution >= 0.6 is 0 Å². The van der Waals surface area contributed by atoms with Crippen LogP contribution in [-0.4, -0.2) is 26.4 Å². The lowest BCUT2D eigenvalue weighted by atomic mass is 10.0. The Labute approximate surface area is 106 Å².